The van der Waals surface area contributed by atoms with Gasteiger partial charge in [0.25, 0.3) is 0 Å². The van der Waals surface area contributed by atoms with Crippen molar-refractivity contribution in [3.63, 3.8) is 0 Å². The van der Waals surface area contributed by atoms with Gasteiger partial charge in [-0.3, -0.25) is 4.79 Å². The van der Waals surface area contributed by atoms with Gasteiger partial charge in [0, 0.05) is 31.0 Å². The summed E-state index contributed by atoms with van der Waals surface area (Å²) in [6.07, 6.45) is 2.32. The largest absolute Gasteiger partial charge is 0.490 e. The molecule has 7 nitrogen and oxygen atoms in total. The molecule has 0 fully saturated rings. The molecule has 0 aliphatic carbocycles. The number of carbonyl (C=O) groups excluding carboxylic acids is 1. The lowest BCUT2D eigenvalue weighted by Crippen LogP contribution is -2.40. The molecule has 1 aromatic carbocycles. The minimum absolute atomic E-state index is 0.0439. The molecule has 1 amide bonds. The van der Waals surface area contributed by atoms with Gasteiger partial charge in [0.2, 0.25) is 15.9 Å². The molecule has 0 bridgehead atoms. The fourth-order valence-corrected chi connectivity index (χ4v) is 5.13. The summed E-state index contributed by atoms with van der Waals surface area (Å²) in [6, 6.07) is 8.08. The Labute approximate surface area is 185 Å². The van der Waals surface area contributed by atoms with Crippen molar-refractivity contribution in [3.8, 4) is 11.5 Å². The third-order valence-electron chi connectivity index (χ3n) is 4.46. The third kappa shape index (κ3) is 5.34. The normalized spacial score (nSPS) is 13.7. The molecule has 2 aromatic rings. The van der Waals surface area contributed by atoms with Crippen molar-refractivity contribution in [1.29, 1.82) is 0 Å². The van der Waals surface area contributed by atoms with Gasteiger partial charge in [0.15, 0.2) is 11.5 Å². The summed E-state index contributed by atoms with van der Waals surface area (Å²) >= 11 is 7.34. The Morgan fingerprint density at radius 3 is 2.63 bits per heavy atom. The van der Waals surface area contributed by atoms with Crippen LogP contribution in [0.25, 0.3) is 0 Å². The van der Waals surface area contributed by atoms with Crippen LogP contribution in [-0.4, -0.2) is 56.9 Å². The molecule has 0 spiro atoms. The number of nitrogens with zero attached hydrogens (tertiary/aromatic N) is 2. The second-order valence-electron chi connectivity index (χ2n) is 6.69. The summed E-state index contributed by atoms with van der Waals surface area (Å²) in [4.78, 5) is 15.3. The highest BCUT2D eigenvalue weighted by Gasteiger charge is 2.27. The number of thiophene rings is 1. The number of ether oxygens (including phenoxy) is 2. The molecule has 1 aliphatic heterocycles. The van der Waals surface area contributed by atoms with Gasteiger partial charge in [0.1, 0.15) is 0 Å². The second-order valence-corrected chi connectivity index (χ2v) is 10.5. The van der Waals surface area contributed by atoms with Crippen molar-refractivity contribution >= 4 is 38.9 Å². The Kier molecular flexibility index (Phi) is 7.41. The molecule has 0 saturated heterocycles. The smallest absolute Gasteiger partial charge is 0.243 e. The molecule has 30 heavy (non-hydrogen) atoms. The Morgan fingerprint density at radius 2 is 1.97 bits per heavy atom. The molecule has 3 rings (SSSR count). The number of sulfonamides is 1. The number of likely N-dealkylation sites (N-methyl/N-ethyl adjacent to an activating group) is 1. The molecular weight excluding hydrogens is 448 g/mol. The lowest BCUT2D eigenvalue weighted by Gasteiger charge is -2.24. The maximum absolute atomic E-state index is 13.0. The molecular formula is C20H23ClN2O5S2. The van der Waals surface area contributed by atoms with Gasteiger partial charge in [-0.25, -0.2) is 8.42 Å². The van der Waals surface area contributed by atoms with E-state index >= 15 is 0 Å². The standard InChI is InChI=1S/C20H23ClN2O5S2/c1-3-9-23(13-15-5-8-19(21)29-15)20(24)14-22(2)30(25,26)16-6-7-17-18(12-16)28-11-4-10-27-17/h3,5-8,12H,1,4,9-11,13-14H2,2H3. The second kappa shape index (κ2) is 9.82. The highest BCUT2D eigenvalue weighted by atomic mass is 35.5. The number of amides is 1. The fraction of sp³-hybridized carbons (Fsp3) is 0.350. The zero-order valence-corrected chi connectivity index (χ0v) is 18.9. The van der Waals surface area contributed by atoms with E-state index in [2.05, 4.69) is 6.58 Å². The minimum Gasteiger partial charge on any atom is -0.490 e. The first-order valence-electron chi connectivity index (χ1n) is 9.30. The Bertz CT molecular complexity index is 1020. The molecule has 2 heterocycles. The predicted octanol–water partition coefficient (Wildman–Crippen LogP) is 3.40. The number of benzene rings is 1. The van der Waals surface area contributed by atoms with E-state index in [1.807, 2.05) is 6.07 Å². The molecule has 0 saturated carbocycles. The van der Waals surface area contributed by atoms with Gasteiger partial charge in [-0.05, 0) is 24.3 Å². The number of hydrogen-bond acceptors (Lipinski definition) is 6. The highest BCUT2D eigenvalue weighted by Crippen LogP contribution is 2.32. The zero-order valence-electron chi connectivity index (χ0n) is 16.5. The summed E-state index contributed by atoms with van der Waals surface area (Å²) < 4.78 is 38.8. The van der Waals surface area contributed by atoms with E-state index in [0.717, 1.165) is 15.6 Å². The van der Waals surface area contributed by atoms with Crippen molar-refractivity contribution in [1.82, 2.24) is 9.21 Å². The number of hydrogen-bond donors (Lipinski definition) is 0. The Morgan fingerprint density at radius 1 is 1.23 bits per heavy atom. The molecule has 0 unspecified atom stereocenters. The summed E-state index contributed by atoms with van der Waals surface area (Å²) in [5.41, 5.74) is 0. The number of fused-ring (bicyclic) bond motifs is 1. The van der Waals surface area contributed by atoms with Gasteiger partial charge in [-0.1, -0.05) is 17.7 Å². The van der Waals surface area contributed by atoms with Gasteiger partial charge in [-0.2, -0.15) is 4.31 Å². The Hall–Kier alpha value is -2.07. The summed E-state index contributed by atoms with van der Waals surface area (Å²) in [7, 11) is -2.51. The van der Waals surface area contributed by atoms with E-state index in [-0.39, 0.29) is 17.3 Å². The molecule has 10 heteroatoms. The molecule has 0 N–H and O–H groups in total. The van der Waals surface area contributed by atoms with Crippen LogP contribution in [0, 0.1) is 0 Å². The fourth-order valence-electron chi connectivity index (χ4n) is 2.89. The first-order chi connectivity index (χ1) is 14.3. The van der Waals surface area contributed by atoms with Crippen LogP contribution in [0.2, 0.25) is 4.34 Å². The van der Waals surface area contributed by atoms with Crippen molar-refractivity contribution < 1.29 is 22.7 Å². The van der Waals surface area contributed by atoms with Gasteiger partial charge in [0.05, 0.1) is 35.5 Å². The summed E-state index contributed by atoms with van der Waals surface area (Å²) in [6.45, 7) is 4.98. The van der Waals surface area contributed by atoms with E-state index in [4.69, 9.17) is 21.1 Å². The zero-order chi connectivity index (χ0) is 21.7. The van der Waals surface area contributed by atoms with Crippen LogP contribution >= 0.6 is 22.9 Å². The SMILES string of the molecule is C=CCN(Cc1ccc(Cl)s1)C(=O)CN(C)S(=O)(=O)c1ccc2c(c1)OCCCO2. The highest BCUT2D eigenvalue weighted by molar-refractivity contribution is 7.89. The molecule has 1 aliphatic rings. The minimum atomic E-state index is -3.89. The van der Waals surface area contributed by atoms with Crippen LogP contribution in [0.3, 0.4) is 0 Å². The number of carbonyl (C=O) groups is 1. The average molecular weight is 471 g/mol. The molecule has 0 atom stereocenters. The van der Waals surface area contributed by atoms with Crippen LogP contribution in [0.4, 0.5) is 0 Å². The van der Waals surface area contributed by atoms with Gasteiger partial charge in [-0.15, -0.1) is 17.9 Å². The van der Waals surface area contributed by atoms with E-state index in [1.165, 1.54) is 35.4 Å². The maximum atomic E-state index is 13.0. The summed E-state index contributed by atoms with van der Waals surface area (Å²) in [5.74, 6) is 0.563. The monoisotopic (exact) mass is 470 g/mol. The van der Waals surface area contributed by atoms with E-state index < -0.39 is 10.0 Å². The van der Waals surface area contributed by atoms with Gasteiger partial charge < -0.3 is 14.4 Å². The lowest BCUT2D eigenvalue weighted by molar-refractivity contribution is -0.131. The quantitative estimate of drug-likeness (QED) is 0.553. The molecule has 0 radical (unpaired) electrons. The van der Waals surface area contributed by atoms with Crippen molar-refractivity contribution in [2.75, 3.05) is 33.4 Å². The van der Waals surface area contributed by atoms with Crippen LogP contribution in [-0.2, 0) is 21.4 Å². The van der Waals surface area contributed by atoms with Crippen LogP contribution in [0.15, 0.2) is 47.9 Å². The maximum Gasteiger partial charge on any atom is 0.243 e. The number of halogens is 1. The topological polar surface area (TPSA) is 76.2 Å². The van der Waals surface area contributed by atoms with E-state index in [0.29, 0.717) is 42.1 Å². The molecule has 1 aromatic heterocycles. The predicted molar refractivity (Wildman–Crippen MR) is 117 cm³/mol. The first-order valence-corrected chi connectivity index (χ1v) is 11.9. The van der Waals surface area contributed by atoms with Crippen molar-refractivity contribution in [3.05, 3.63) is 52.2 Å². The van der Waals surface area contributed by atoms with Crippen LogP contribution < -0.4 is 9.47 Å². The van der Waals surface area contributed by atoms with Crippen LogP contribution in [0.1, 0.15) is 11.3 Å². The van der Waals surface area contributed by atoms with E-state index in [9.17, 15) is 13.2 Å². The van der Waals surface area contributed by atoms with Crippen LogP contribution in [0.5, 0.6) is 11.5 Å². The summed E-state index contributed by atoms with van der Waals surface area (Å²) in [5, 5.41) is 0. The third-order valence-corrected chi connectivity index (χ3v) is 7.48. The van der Waals surface area contributed by atoms with E-state index in [1.54, 1.807) is 18.2 Å². The molecule has 162 valence electrons. The van der Waals surface area contributed by atoms with Gasteiger partial charge >= 0.3 is 0 Å². The Balaban J connectivity index is 1.74. The van der Waals surface area contributed by atoms with Crippen molar-refractivity contribution in [2.24, 2.45) is 0 Å². The average Bonchev–Trinajstić information content (AvgIpc) is 2.98. The first kappa shape index (κ1) is 22.6. The van der Waals surface area contributed by atoms with Crippen molar-refractivity contribution in [2.45, 2.75) is 17.9 Å². The lowest BCUT2D eigenvalue weighted by atomic mass is 10.3. The number of rotatable bonds is 8.